The molecule has 0 fully saturated rings. The van der Waals surface area contributed by atoms with Gasteiger partial charge in [0.1, 0.15) is 0 Å². The Balaban J connectivity index is 2.40. The largest absolute Gasteiger partial charge is 0.296 e. The maximum Gasteiger partial charge on any atom is 0.0796 e. The number of benzene rings is 1. The maximum atomic E-state index is 5.88. The molecule has 0 spiro atoms. The van der Waals surface area contributed by atoms with Gasteiger partial charge in [-0.05, 0) is 31.7 Å². The lowest BCUT2D eigenvalue weighted by molar-refractivity contribution is -0.168. The minimum atomic E-state index is 0.350. The van der Waals surface area contributed by atoms with Crippen molar-refractivity contribution in [3.63, 3.8) is 0 Å². The van der Waals surface area contributed by atoms with E-state index in [-0.39, 0.29) is 0 Å². The summed E-state index contributed by atoms with van der Waals surface area (Å²) in [6.45, 7) is 4.38. The Bertz CT molecular complexity index is 332. The van der Waals surface area contributed by atoms with E-state index >= 15 is 0 Å². The van der Waals surface area contributed by atoms with Gasteiger partial charge in [-0.1, -0.05) is 56.0 Å². The molecule has 0 aliphatic rings. The Morgan fingerprint density at radius 3 is 2.32 bits per heavy atom. The van der Waals surface area contributed by atoms with E-state index < -0.39 is 0 Å². The topological polar surface area (TPSA) is 12.5 Å². The zero-order valence-corrected chi connectivity index (χ0v) is 13.0. The third-order valence-electron chi connectivity index (χ3n) is 3.37. The van der Waals surface area contributed by atoms with Crippen LogP contribution in [0.15, 0.2) is 24.3 Å². The first-order valence-corrected chi connectivity index (χ1v) is 7.51. The average Bonchev–Trinajstić information content (AvgIpc) is 2.37. The predicted octanol–water partition coefficient (Wildman–Crippen LogP) is 4.37. The Hall–Kier alpha value is -0.860. The molecule has 0 aliphatic carbocycles. The fourth-order valence-corrected chi connectivity index (χ4v) is 2.25. The second kappa shape index (κ2) is 9.11. The summed E-state index contributed by atoms with van der Waals surface area (Å²) in [6, 6.07) is 8.84. The van der Waals surface area contributed by atoms with Crippen molar-refractivity contribution in [1.82, 2.24) is 5.06 Å². The summed E-state index contributed by atoms with van der Waals surface area (Å²) in [5, 5.41) is 1.84. The number of hydroxylamine groups is 2. The standard InChI is InChI=1S/C17H29NO/c1-5-6-7-8-17(19-18(3)4)14-13-16-11-9-15(2)10-12-16/h9-12,17H,5-8,13-14H2,1-4H3. The van der Waals surface area contributed by atoms with Crippen molar-refractivity contribution < 1.29 is 4.84 Å². The molecule has 1 atom stereocenters. The van der Waals surface area contributed by atoms with Crippen LogP contribution in [0.1, 0.15) is 50.2 Å². The second-order valence-electron chi connectivity index (χ2n) is 5.56. The molecule has 0 amide bonds. The van der Waals surface area contributed by atoms with Crippen molar-refractivity contribution in [3.05, 3.63) is 35.4 Å². The highest BCUT2D eigenvalue weighted by Gasteiger charge is 2.11. The van der Waals surface area contributed by atoms with Crippen LogP contribution in [0.5, 0.6) is 0 Å². The minimum Gasteiger partial charge on any atom is -0.296 e. The first kappa shape index (κ1) is 16.2. The molecule has 108 valence electrons. The zero-order valence-electron chi connectivity index (χ0n) is 13.0. The highest BCUT2D eigenvalue weighted by atomic mass is 16.7. The molecule has 0 saturated carbocycles. The average molecular weight is 263 g/mol. The van der Waals surface area contributed by atoms with E-state index in [9.17, 15) is 0 Å². The van der Waals surface area contributed by atoms with Crippen LogP contribution in [-0.4, -0.2) is 25.3 Å². The molecule has 0 aromatic heterocycles. The van der Waals surface area contributed by atoms with Crippen molar-refractivity contribution in [2.24, 2.45) is 0 Å². The van der Waals surface area contributed by atoms with E-state index in [0.717, 1.165) is 19.3 Å². The summed E-state index contributed by atoms with van der Waals surface area (Å²) < 4.78 is 0. The van der Waals surface area contributed by atoms with E-state index in [1.165, 1.54) is 30.4 Å². The molecule has 0 bridgehead atoms. The monoisotopic (exact) mass is 263 g/mol. The predicted molar refractivity (Wildman–Crippen MR) is 82.2 cm³/mol. The molecular formula is C17H29NO. The molecule has 1 aromatic rings. The fourth-order valence-electron chi connectivity index (χ4n) is 2.25. The Kier molecular flexibility index (Phi) is 7.76. The second-order valence-corrected chi connectivity index (χ2v) is 5.56. The molecule has 1 unspecified atom stereocenters. The SMILES string of the molecule is CCCCCC(CCc1ccc(C)cc1)ON(C)C. The summed E-state index contributed by atoms with van der Waals surface area (Å²) in [7, 11) is 3.94. The van der Waals surface area contributed by atoms with E-state index in [1.54, 1.807) is 0 Å². The maximum absolute atomic E-state index is 5.88. The highest BCUT2D eigenvalue weighted by molar-refractivity contribution is 5.21. The van der Waals surface area contributed by atoms with Crippen molar-refractivity contribution in [1.29, 1.82) is 0 Å². The number of nitrogens with zero attached hydrogens (tertiary/aromatic N) is 1. The summed E-state index contributed by atoms with van der Waals surface area (Å²) in [5.74, 6) is 0. The van der Waals surface area contributed by atoms with Crippen molar-refractivity contribution in [2.45, 2.75) is 58.5 Å². The molecule has 2 heteroatoms. The normalized spacial score (nSPS) is 12.9. The van der Waals surface area contributed by atoms with Gasteiger partial charge in [-0.15, -0.1) is 0 Å². The fraction of sp³-hybridized carbons (Fsp3) is 0.647. The van der Waals surface area contributed by atoms with Gasteiger partial charge in [0.15, 0.2) is 0 Å². The molecular weight excluding hydrogens is 234 g/mol. The molecule has 0 heterocycles. The van der Waals surface area contributed by atoms with Crippen LogP contribution in [0.25, 0.3) is 0 Å². The molecule has 0 aliphatic heterocycles. The Labute approximate surface area is 118 Å². The van der Waals surface area contributed by atoms with E-state index in [0.29, 0.717) is 6.10 Å². The van der Waals surface area contributed by atoms with Crippen LogP contribution in [0.3, 0.4) is 0 Å². The molecule has 1 rings (SSSR count). The smallest absolute Gasteiger partial charge is 0.0796 e. The van der Waals surface area contributed by atoms with Gasteiger partial charge >= 0.3 is 0 Å². The van der Waals surface area contributed by atoms with Gasteiger partial charge in [0.2, 0.25) is 0 Å². The molecule has 0 radical (unpaired) electrons. The lowest BCUT2D eigenvalue weighted by atomic mass is 10.0. The van der Waals surface area contributed by atoms with E-state index in [2.05, 4.69) is 38.1 Å². The summed E-state index contributed by atoms with van der Waals surface area (Å²) in [6.07, 6.45) is 7.56. The molecule has 2 nitrogen and oxygen atoms in total. The van der Waals surface area contributed by atoms with E-state index in [4.69, 9.17) is 4.84 Å². The highest BCUT2D eigenvalue weighted by Crippen LogP contribution is 2.15. The first-order chi connectivity index (χ1) is 9.11. The molecule has 0 saturated heterocycles. The zero-order chi connectivity index (χ0) is 14.1. The Morgan fingerprint density at radius 2 is 1.74 bits per heavy atom. The van der Waals surface area contributed by atoms with Gasteiger partial charge in [-0.2, -0.15) is 5.06 Å². The van der Waals surface area contributed by atoms with Gasteiger partial charge in [0.25, 0.3) is 0 Å². The summed E-state index contributed by atoms with van der Waals surface area (Å²) in [4.78, 5) is 5.88. The van der Waals surface area contributed by atoms with Crippen LogP contribution in [-0.2, 0) is 11.3 Å². The number of hydrogen-bond donors (Lipinski definition) is 0. The first-order valence-electron chi connectivity index (χ1n) is 7.51. The van der Waals surface area contributed by atoms with Crippen LogP contribution in [0.2, 0.25) is 0 Å². The van der Waals surface area contributed by atoms with Crippen molar-refractivity contribution in [3.8, 4) is 0 Å². The van der Waals surface area contributed by atoms with Crippen LogP contribution in [0.4, 0.5) is 0 Å². The quantitative estimate of drug-likeness (QED) is 0.484. The lowest BCUT2D eigenvalue weighted by Crippen LogP contribution is -2.23. The van der Waals surface area contributed by atoms with Crippen LogP contribution in [0, 0.1) is 6.92 Å². The lowest BCUT2D eigenvalue weighted by Gasteiger charge is -2.21. The number of rotatable bonds is 9. The van der Waals surface area contributed by atoms with Crippen LogP contribution < -0.4 is 0 Å². The van der Waals surface area contributed by atoms with Gasteiger partial charge in [-0.25, -0.2) is 0 Å². The van der Waals surface area contributed by atoms with Gasteiger partial charge in [-0.3, -0.25) is 4.84 Å². The molecule has 19 heavy (non-hydrogen) atoms. The third-order valence-corrected chi connectivity index (χ3v) is 3.37. The minimum absolute atomic E-state index is 0.350. The van der Waals surface area contributed by atoms with Crippen molar-refractivity contribution >= 4 is 0 Å². The van der Waals surface area contributed by atoms with Crippen LogP contribution >= 0.6 is 0 Å². The van der Waals surface area contributed by atoms with Gasteiger partial charge < -0.3 is 0 Å². The number of hydrogen-bond acceptors (Lipinski definition) is 2. The Morgan fingerprint density at radius 1 is 1.05 bits per heavy atom. The van der Waals surface area contributed by atoms with Crippen molar-refractivity contribution in [2.75, 3.05) is 14.1 Å². The molecule has 0 N–H and O–H groups in total. The third kappa shape index (κ3) is 7.34. The number of aryl methyl sites for hydroxylation is 2. The van der Waals surface area contributed by atoms with E-state index in [1.807, 2.05) is 19.2 Å². The molecule has 1 aromatic carbocycles. The summed E-state index contributed by atoms with van der Waals surface area (Å²) >= 11 is 0. The summed E-state index contributed by atoms with van der Waals surface area (Å²) in [5.41, 5.74) is 2.74. The van der Waals surface area contributed by atoms with Gasteiger partial charge in [0, 0.05) is 14.1 Å². The number of unbranched alkanes of at least 4 members (excludes halogenated alkanes) is 2. The van der Waals surface area contributed by atoms with Gasteiger partial charge in [0.05, 0.1) is 6.10 Å².